The molecule has 0 unspecified atom stereocenters. The summed E-state index contributed by atoms with van der Waals surface area (Å²) in [6.45, 7) is 5.48. The first-order chi connectivity index (χ1) is 16.8. The van der Waals surface area contributed by atoms with Gasteiger partial charge in [0.1, 0.15) is 36.7 Å². The van der Waals surface area contributed by atoms with Crippen LogP contribution in [0.2, 0.25) is 0 Å². The number of allylic oxidation sites excluding steroid dienone is 1. The minimum Gasteiger partial charge on any atom is -0.491 e. The summed E-state index contributed by atoms with van der Waals surface area (Å²) < 4.78 is 42.9. The van der Waals surface area contributed by atoms with Gasteiger partial charge in [0.25, 0.3) is 0 Å². The molecule has 2 aromatic carbocycles. The lowest BCUT2D eigenvalue weighted by Gasteiger charge is -2.25. The summed E-state index contributed by atoms with van der Waals surface area (Å²) in [5.41, 5.74) is 0.453. The van der Waals surface area contributed by atoms with Crippen LogP contribution in [-0.2, 0) is 14.3 Å². The molecule has 0 heterocycles. The fourth-order valence-corrected chi connectivity index (χ4v) is 3.15. The highest BCUT2D eigenvalue weighted by Crippen LogP contribution is 2.31. The number of halogens is 2. The van der Waals surface area contributed by atoms with Crippen LogP contribution in [0.15, 0.2) is 67.3 Å². The van der Waals surface area contributed by atoms with E-state index in [-0.39, 0.29) is 31.4 Å². The second-order valence-electron chi connectivity index (χ2n) is 7.59. The first-order valence-electron chi connectivity index (χ1n) is 11.0. The SMILES string of the molecule is C=CCOC(=O)/C=C/CC[C@@H](C)[C@H](OC(=O)Nc1ccc(F)cc1F)c1ccc(OCCO)cc1. The van der Waals surface area contributed by atoms with Gasteiger partial charge < -0.3 is 19.3 Å². The van der Waals surface area contributed by atoms with Gasteiger partial charge in [-0.3, -0.25) is 5.32 Å². The Morgan fingerprint density at radius 1 is 1.17 bits per heavy atom. The molecule has 2 aromatic rings. The van der Waals surface area contributed by atoms with Gasteiger partial charge in [-0.25, -0.2) is 18.4 Å². The summed E-state index contributed by atoms with van der Waals surface area (Å²) >= 11 is 0. The fourth-order valence-electron chi connectivity index (χ4n) is 3.15. The van der Waals surface area contributed by atoms with Crippen molar-refractivity contribution in [3.05, 3.63) is 84.5 Å². The number of nitrogens with one attached hydrogen (secondary N) is 1. The van der Waals surface area contributed by atoms with Crippen LogP contribution in [0.5, 0.6) is 5.75 Å². The fraction of sp³-hybridized carbons (Fsp3) is 0.308. The summed E-state index contributed by atoms with van der Waals surface area (Å²) in [6.07, 6.45) is 3.90. The molecule has 7 nitrogen and oxygen atoms in total. The van der Waals surface area contributed by atoms with Crippen LogP contribution in [0.1, 0.15) is 31.4 Å². The Balaban J connectivity index is 2.10. The summed E-state index contributed by atoms with van der Waals surface area (Å²) in [4.78, 5) is 24.1. The van der Waals surface area contributed by atoms with E-state index in [1.165, 1.54) is 12.2 Å². The largest absolute Gasteiger partial charge is 0.491 e. The van der Waals surface area contributed by atoms with E-state index in [2.05, 4.69) is 11.9 Å². The molecule has 9 heteroatoms. The molecule has 2 atom stereocenters. The molecule has 2 N–H and O–H groups in total. The lowest BCUT2D eigenvalue weighted by atomic mass is 9.93. The van der Waals surface area contributed by atoms with Crippen LogP contribution < -0.4 is 10.1 Å². The Morgan fingerprint density at radius 2 is 1.91 bits per heavy atom. The van der Waals surface area contributed by atoms with Gasteiger partial charge in [0.2, 0.25) is 0 Å². The minimum absolute atomic E-state index is 0.122. The Kier molecular flexibility index (Phi) is 11.4. The number of hydrogen-bond donors (Lipinski definition) is 2. The highest BCUT2D eigenvalue weighted by atomic mass is 19.1. The molecule has 0 spiro atoms. The zero-order valence-electron chi connectivity index (χ0n) is 19.4. The van der Waals surface area contributed by atoms with Crippen molar-refractivity contribution in [3.8, 4) is 5.75 Å². The van der Waals surface area contributed by atoms with Crippen molar-refractivity contribution in [1.29, 1.82) is 0 Å². The van der Waals surface area contributed by atoms with Gasteiger partial charge >= 0.3 is 12.1 Å². The Hall–Kier alpha value is -3.72. The molecule has 188 valence electrons. The quantitative estimate of drug-likeness (QED) is 0.225. The summed E-state index contributed by atoms with van der Waals surface area (Å²) in [5, 5.41) is 11.2. The van der Waals surface area contributed by atoms with Gasteiger partial charge in [-0.1, -0.05) is 37.8 Å². The van der Waals surface area contributed by atoms with Crippen LogP contribution in [-0.4, -0.2) is 37.0 Å². The molecule has 1 amide bonds. The average Bonchev–Trinajstić information content (AvgIpc) is 2.84. The van der Waals surface area contributed by atoms with Crippen molar-refractivity contribution in [3.63, 3.8) is 0 Å². The monoisotopic (exact) mass is 489 g/mol. The molecule has 0 saturated heterocycles. The number of aliphatic hydroxyl groups excluding tert-OH is 1. The van der Waals surface area contributed by atoms with Crippen molar-refractivity contribution in [2.24, 2.45) is 5.92 Å². The van der Waals surface area contributed by atoms with E-state index in [9.17, 15) is 18.4 Å². The van der Waals surface area contributed by atoms with Crippen molar-refractivity contribution < 1.29 is 37.7 Å². The van der Waals surface area contributed by atoms with E-state index in [4.69, 9.17) is 19.3 Å². The molecular formula is C26H29F2NO6. The lowest BCUT2D eigenvalue weighted by molar-refractivity contribution is -0.136. The summed E-state index contributed by atoms with van der Waals surface area (Å²) in [6, 6.07) is 9.60. The molecule has 2 rings (SSSR count). The van der Waals surface area contributed by atoms with E-state index in [0.29, 0.717) is 30.2 Å². The second kappa shape index (κ2) is 14.5. The molecule has 0 saturated carbocycles. The van der Waals surface area contributed by atoms with E-state index in [0.717, 1.165) is 12.1 Å². The molecule has 0 aliphatic carbocycles. The van der Waals surface area contributed by atoms with Gasteiger partial charge in [0.05, 0.1) is 12.3 Å². The number of carbonyl (C=O) groups excluding carboxylic acids is 2. The van der Waals surface area contributed by atoms with Crippen LogP contribution in [0.4, 0.5) is 19.3 Å². The molecule has 0 fully saturated rings. The predicted molar refractivity (Wildman–Crippen MR) is 127 cm³/mol. The third kappa shape index (κ3) is 9.58. The average molecular weight is 490 g/mol. The molecular weight excluding hydrogens is 460 g/mol. The van der Waals surface area contributed by atoms with E-state index < -0.39 is 29.8 Å². The van der Waals surface area contributed by atoms with Crippen LogP contribution in [0.3, 0.4) is 0 Å². The number of aliphatic hydroxyl groups is 1. The standard InChI is InChI=1S/C26H29F2NO6/c1-3-15-34-24(31)7-5-4-6-18(2)25(19-8-11-21(12-9-19)33-16-14-30)35-26(32)29-23-13-10-20(27)17-22(23)28/h3,5,7-13,17-18,25,30H,1,4,6,14-16H2,2H3,(H,29,32)/b7-5+/t18-,25+/m1/s1. The van der Waals surface area contributed by atoms with Gasteiger partial charge in [-0.05, 0) is 48.6 Å². The normalized spacial score (nSPS) is 12.6. The number of ether oxygens (including phenoxy) is 3. The maximum absolute atomic E-state index is 13.9. The van der Waals surface area contributed by atoms with Gasteiger partial charge in [-0.2, -0.15) is 0 Å². The molecule has 0 radical (unpaired) electrons. The number of anilines is 1. The van der Waals surface area contributed by atoms with Crippen LogP contribution in [0, 0.1) is 17.6 Å². The predicted octanol–water partition coefficient (Wildman–Crippen LogP) is 5.33. The van der Waals surface area contributed by atoms with E-state index >= 15 is 0 Å². The highest BCUT2D eigenvalue weighted by Gasteiger charge is 2.24. The van der Waals surface area contributed by atoms with E-state index in [1.807, 2.05) is 6.92 Å². The minimum atomic E-state index is -0.926. The first kappa shape index (κ1) is 27.5. The maximum atomic E-state index is 13.9. The van der Waals surface area contributed by atoms with Crippen molar-refractivity contribution in [1.82, 2.24) is 0 Å². The molecule has 35 heavy (non-hydrogen) atoms. The van der Waals surface area contributed by atoms with Gasteiger partial charge in [0.15, 0.2) is 0 Å². The third-order valence-electron chi connectivity index (χ3n) is 4.87. The Bertz CT molecular complexity index is 1010. The maximum Gasteiger partial charge on any atom is 0.412 e. The first-order valence-corrected chi connectivity index (χ1v) is 11.0. The topological polar surface area (TPSA) is 94.1 Å². The number of esters is 1. The zero-order valence-corrected chi connectivity index (χ0v) is 19.4. The van der Waals surface area contributed by atoms with Gasteiger partial charge in [0, 0.05) is 12.1 Å². The lowest BCUT2D eigenvalue weighted by Crippen LogP contribution is -2.22. The smallest absolute Gasteiger partial charge is 0.412 e. The number of benzene rings is 2. The Labute approximate surface area is 203 Å². The molecule has 0 bridgehead atoms. The van der Waals surface area contributed by atoms with Crippen molar-refractivity contribution in [2.75, 3.05) is 25.1 Å². The second-order valence-corrected chi connectivity index (χ2v) is 7.59. The Morgan fingerprint density at radius 3 is 2.57 bits per heavy atom. The van der Waals surface area contributed by atoms with Gasteiger partial charge in [-0.15, -0.1) is 0 Å². The van der Waals surface area contributed by atoms with Crippen LogP contribution >= 0.6 is 0 Å². The number of rotatable bonds is 13. The highest BCUT2D eigenvalue weighted by molar-refractivity contribution is 5.85. The van der Waals surface area contributed by atoms with E-state index in [1.54, 1.807) is 30.3 Å². The van der Waals surface area contributed by atoms with Crippen LogP contribution in [0.25, 0.3) is 0 Å². The summed E-state index contributed by atoms with van der Waals surface area (Å²) in [7, 11) is 0. The number of hydrogen-bond acceptors (Lipinski definition) is 6. The van der Waals surface area contributed by atoms with Crippen molar-refractivity contribution in [2.45, 2.75) is 25.9 Å². The third-order valence-corrected chi connectivity index (χ3v) is 4.87. The number of carbonyl (C=O) groups is 2. The molecule has 0 aliphatic rings. The van der Waals surface area contributed by atoms with Crippen molar-refractivity contribution >= 4 is 17.7 Å². The molecule has 0 aromatic heterocycles. The zero-order chi connectivity index (χ0) is 25.6. The number of amides is 1. The summed E-state index contributed by atoms with van der Waals surface area (Å²) in [5.74, 6) is -1.84. The molecule has 0 aliphatic heterocycles.